The van der Waals surface area contributed by atoms with Gasteiger partial charge in [0.25, 0.3) is 0 Å². The molecule has 1 amide bonds. The Bertz CT molecular complexity index is 574. The first-order valence-electron chi connectivity index (χ1n) is 8.22. The molecule has 1 aromatic carbocycles. The van der Waals surface area contributed by atoms with Crippen LogP contribution < -0.4 is 10.2 Å². The Hall–Kier alpha value is -1.72. The van der Waals surface area contributed by atoms with Crippen molar-refractivity contribution < 1.29 is 18.0 Å². The maximum atomic E-state index is 13.0. The molecular weight excluding hydrogens is 305 g/mol. The third-order valence-corrected chi connectivity index (χ3v) is 4.75. The van der Waals surface area contributed by atoms with Gasteiger partial charge in [-0.15, -0.1) is 0 Å². The number of hydrogen-bond acceptors (Lipinski definition) is 2. The molecule has 1 heterocycles. The molecule has 126 valence electrons. The third kappa shape index (κ3) is 3.62. The molecule has 0 atom stereocenters. The van der Waals surface area contributed by atoms with Gasteiger partial charge in [-0.3, -0.25) is 4.79 Å². The second kappa shape index (κ2) is 6.42. The van der Waals surface area contributed by atoms with Crippen LogP contribution in [-0.2, 0) is 11.0 Å². The van der Waals surface area contributed by atoms with Gasteiger partial charge >= 0.3 is 6.18 Å². The quantitative estimate of drug-likeness (QED) is 0.891. The lowest BCUT2D eigenvalue weighted by Gasteiger charge is -2.23. The van der Waals surface area contributed by atoms with E-state index in [2.05, 4.69) is 5.32 Å². The van der Waals surface area contributed by atoms with E-state index >= 15 is 0 Å². The van der Waals surface area contributed by atoms with E-state index in [9.17, 15) is 18.0 Å². The van der Waals surface area contributed by atoms with Crippen molar-refractivity contribution in [3.8, 4) is 0 Å². The highest BCUT2D eigenvalue weighted by atomic mass is 19.4. The minimum Gasteiger partial charge on any atom is -0.370 e. The number of anilines is 2. The van der Waals surface area contributed by atoms with Crippen LogP contribution in [0.25, 0.3) is 0 Å². The molecule has 6 heteroatoms. The molecule has 1 aromatic rings. The lowest BCUT2D eigenvalue weighted by Crippen LogP contribution is -2.24. The summed E-state index contributed by atoms with van der Waals surface area (Å²) in [5.41, 5.74) is 0.266. The third-order valence-electron chi connectivity index (χ3n) is 4.75. The molecule has 23 heavy (non-hydrogen) atoms. The molecular formula is C17H21F3N2O. The summed E-state index contributed by atoms with van der Waals surface area (Å²) in [6.07, 6.45) is 1.32. The average molecular weight is 326 g/mol. The lowest BCUT2D eigenvalue weighted by atomic mass is 10.1. The molecule has 1 saturated carbocycles. The molecule has 2 fully saturated rings. The van der Waals surface area contributed by atoms with Gasteiger partial charge in [0.05, 0.1) is 16.9 Å². The van der Waals surface area contributed by atoms with E-state index in [1.807, 2.05) is 4.90 Å². The first-order valence-corrected chi connectivity index (χ1v) is 8.22. The molecule has 1 N–H and O–H groups in total. The number of carbonyl (C=O) groups excluding carboxylic acids is 1. The fraction of sp³-hybridized carbons (Fsp3) is 0.588. The minimum absolute atomic E-state index is 0.0732. The van der Waals surface area contributed by atoms with Crippen molar-refractivity contribution in [2.24, 2.45) is 5.92 Å². The molecule has 0 radical (unpaired) electrons. The van der Waals surface area contributed by atoms with Crippen molar-refractivity contribution in [3.63, 3.8) is 0 Å². The lowest BCUT2D eigenvalue weighted by molar-refractivity contribution is -0.137. The standard InChI is InChI=1S/C17H21F3N2O/c18-17(19,20)13-7-8-15(22-9-3-4-10-22)14(11-13)21-16(23)12-5-1-2-6-12/h7-8,11-12H,1-6,9-10H2,(H,21,23). The van der Waals surface area contributed by atoms with Crippen molar-refractivity contribution in [2.45, 2.75) is 44.7 Å². The van der Waals surface area contributed by atoms with Gasteiger partial charge in [0.2, 0.25) is 5.91 Å². The first-order chi connectivity index (χ1) is 10.9. The van der Waals surface area contributed by atoms with Gasteiger partial charge in [-0.25, -0.2) is 0 Å². The van der Waals surface area contributed by atoms with E-state index in [-0.39, 0.29) is 11.8 Å². The summed E-state index contributed by atoms with van der Waals surface area (Å²) < 4.78 is 39.0. The van der Waals surface area contributed by atoms with Crippen molar-refractivity contribution in [3.05, 3.63) is 23.8 Å². The van der Waals surface area contributed by atoms with Crippen LogP contribution in [0.3, 0.4) is 0 Å². The number of benzene rings is 1. The summed E-state index contributed by atoms with van der Waals surface area (Å²) in [7, 11) is 0. The average Bonchev–Trinajstić information content (AvgIpc) is 3.20. The molecule has 3 nitrogen and oxygen atoms in total. The summed E-state index contributed by atoms with van der Waals surface area (Å²) in [6, 6.07) is 3.65. The van der Waals surface area contributed by atoms with Crippen LogP contribution in [0, 0.1) is 5.92 Å². The number of hydrogen-bond donors (Lipinski definition) is 1. The summed E-state index contributed by atoms with van der Waals surface area (Å²) >= 11 is 0. The fourth-order valence-electron chi connectivity index (χ4n) is 3.47. The maximum Gasteiger partial charge on any atom is 0.416 e. The van der Waals surface area contributed by atoms with Crippen LogP contribution >= 0.6 is 0 Å². The summed E-state index contributed by atoms with van der Waals surface area (Å²) in [4.78, 5) is 14.4. The minimum atomic E-state index is -4.41. The van der Waals surface area contributed by atoms with Gasteiger partial charge in [-0.2, -0.15) is 13.2 Å². The van der Waals surface area contributed by atoms with E-state index < -0.39 is 11.7 Å². The van der Waals surface area contributed by atoms with Gasteiger partial charge in [-0.05, 0) is 43.9 Å². The Morgan fingerprint density at radius 3 is 2.35 bits per heavy atom. The van der Waals surface area contributed by atoms with Crippen molar-refractivity contribution in [1.29, 1.82) is 0 Å². The van der Waals surface area contributed by atoms with Crippen LogP contribution in [-0.4, -0.2) is 19.0 Å². The van der Waals surface area contributed by atoms with E-state index in [0.717, 1.165) is 63.7 Å². The molecule has 0 unspecified atom stereocenters. The summed E-state index contributed by atoms with van der Waals surface area (Å²) in [6.45, 7) is 1.63. The first kappa shape index (κ1) is 16.1. The van der Waals surface area contributed by atoms with Gasteiger partial charge < -0.3 is 10.2 Å². The SMILES string of the molecule is O=C(Nc1cc(C(F)(F)F)ccc1N1CCCC1)C1CCCC1. The zero-order valence-corrected chi connectivity index (χ0v) is 13.0. The number of nitrogens with zero attached hydrogens (tertiary/aromatic N) is 1. The summed E-state index contributed by atoms with van der Waals surface area (Å²) in [5.74, 6) is -0.224. The predicted octanol–water partition coefficient (Wildman–Crippen LogP) is 4.43. The van der Waals surface area contributed by atoms with Crippen molar-refractivity contribution >= 4 is 17.3 Å². The van der Waals surface area contributed by atoms with Gasteiger partial charge in [0.15, 0.2) is 0 Å². The van der Waals surface area contributed by atoms with Crippen molar-refractivity contribution in [1.82, 2.24) is 0 Å². The maximum absolute atomic E-state index is 13.0. The number of rotatable bonds is 3. The highest BCUT2D eigenvalue weighted by Gasteiger charge is 2.32. The van der Waals surface area contributed by atoms with E-state index in [1.165, 1.54) is 6.07 Å². The van der Waals surface area contributed by atoms with Crippen LogP contribution in [0.4, 0.5) is 24.5 Å². The highest BCUT2D eigenvalue weighted by molar-refractivity contribution is 5.96. The van der Waals surface area contributed by atoms with Crippen LogP contribution in [0.15, 0.2) is 18.2 Å². The topological polar surface area (TPSA) is 32.3 Å². The highest BCUT2D eigenvalue weighted by Crippen LogP contribution is 2.37. The molecule has 0 aromatic heterocycles. The predicted molar refractivity (Wildman–Crippen MR) is 83.5 cm³/mol. The van der Waals surface area contributed by atoms with Gasteiger partial charge in [-0.1, -0.05) is 12.8 Å². The number of alkyl halides is 3. The Morgan fingerprint density at radius 2 is 1.74 bits per heavy atom. The Labute approximate surface area is 133 Å². The number of carbonyl (C=O) groups is 1. The monoisotopic (exact) mass is 326 g/mol. The largest absolute Gasteiger partial charge is 0.416 e. The molecule has 0 spiro atoms. The van der Waals surface area contributed by atoms with Gasteiger partial charge in [0.1, 0.15) is 0 Å². The Morgan fingerprint density at radius 1 is 1.09 bits per heavy atom. The van der Waals surface area contributed by atoms with Crippen molar-refractivity contribution in [2.75, 3.05) is 23.3 Å². The van der Waals surface area contributed by atoms with Crippen LogP contribution in [0.5, 0.6) is 0 Å². The smallest absolute Gasteiger partial charge is 0.370 e. The van der Waals surface area contributed by atoms with E-state index in [0.29, 0.717) is 11.4 Å². The molecule has 1 aliphatic carbocycles. The zero-order valence-electron chi connectivity index (χ0n) is 13.0. The molecule has 1 saturated heterocycles. The Kier molecular flexibility index (Phi) is 4.50. The van der Waals surface area contributed by atoms with Gasteiger partial charge in [0, 0.05) is 19.0 Å². The number of amides is 1. The van der Waals surface area contributed by atoms with E-state index in [4.69, 9.17) is 0 Å². The normalized spacial score (nSPS) is 19.3. The second-order valence-corrected chi connectivity index (χ2v) is 6.39. The van der Waals surface area contributed by atoms with Crippen LogP contribution in [0.1, 0.15) is 44.1 Å². The molecule has 1 aliphatic heterocycles. The molecule has 3 rings (SSSR count). The second-order valence-electron chi connectivity index (χ2n) is 6.39. The number of halogens is 3. The molecule has 0 bridgehead atoms. The fourth-order valence-corrected chi connectivity index (χ4v) is 3.47. The number of nitrogens with one attached hydrogen (secondary N) is 1. The molecule has 2 aliphatic rings. The van der Waals surface area contributed by atoms with E-state index in [1.54, 1.807) is 0 Å². The summed E-state index contributed by atoms with van der Waals surface area (Å²) in [5, 5.41) is 2.76. The zero-order chi connectivity index (χ0) is 16.4. The Balaban J connectivity index is 1.88. The van der Waals surface area contributed by atoms with Crippen LogP contribution in [0.2, 0.25) is 0 Å².